The van der Waals surface area contributed by atoms with Crippen LogP contribution in [0.15, 0.2) is 18.3 Å². The number of methoxy groups -OCH3 is 1. The molecule has 0 saturated heterocycles. The Morgan fingerprint density at radius 1 is 1.77 bits per heavy atom. The zero-order valence-corrected chi connectivity index (χ0v) is 7.86. The van der Waals surface area contributed by atoms with Crippen molar-refractivity contribution in [1.82, 2.24) is 4.57 Å². The molecule has 1 aromatic heterocycles. The standard InChI is InChI=1S/C9H14N2O2/c1-7(10)6-11-5-3-4-8(11)9(12)13-2/h3-5,7H,6,10H2,1-2H3. The summed E-state index contributed by atoms with van der Waals surface area (Å²) in [5, 5.41) is 0. The maximum Gasteiger partial charge on any atom is 0.354 e. The van der Waals surface area contributed by atoms with Crippen molar-refractivity contribution in [2.45, 2.75) is 19.5 Å². The summed E-state index contributed by atoms with van der Waals surface area (Å²) in [5.74, 6) is -0.328. The smallest absolute Gasteiger partial charge is 0.354 e. The van der Waals surface area contributed by atoms with E-state index in [1.165, 1.54) is 7.11 Å². The molecule has 0 bridgehead atoms. The Morgan fingerprint density at radius 3 is 3.00 bits per heavy atom. The molecule has 1 atom stereocenters. The number of nitrogens with two attached hydrogens (primary N) is 1. The predicted octanol–water partition coefficient (Wildman–Crippen LogP) is 0.622. The first-order valence-corrected chi connectivity index (χ1v) is 4.14. The van der Waals surface area contributed by atoms with E-state index in [2.05, 4.69) is 4.74 Å². The molecule has 0 spiro atoms. The van der Waals surface area contributed by atoms with E-state index in [0.717, 1.165) is 0 Å². The highest BCUT2D eigenvalue weighted by Crippen LogP contribution is 2.04. The Balaban J connectivity index is 2.83. The molecule has 0 aliphatic heterocycles. The van der Waals surface area contributed by atoms with Crippen LogP contribution in [0.4, 0.5) is 0 Å². The Hall–Kier alpha value is -1.29. The minimum atomic E-state index is -0.328. The summed E-state index contributed by atoms with van der Waals surface area (Å²) in [4.78, 5) is 11.2. The van der Waals surface area contributed by atoms with Crippen LogP contribution in [-0.2, 0) is 11.3 Å². The SMILES string of the molecule is COC(=O)c1cccn1CC(C)N. The molecule has 4 heteroatoms. The zero-order valence-electron chi connectivity index (χ0n) is 7.86. The highest BCUT2D eigenvalue weighted by Gasteiger charge is 2.10. The van der Waals surface area contributed by atoms with Gasteiger partial charge < -0.3 is 15.0 Å². The Morgan fingerprint density at radius 2 is 2.46 bits per heavy atom. The average molecular weight is 182 g/mol. The van der Waals surface area contributed by atoms with E-state index < -0.39 is 0 Å². The number of nitrogens with zero attached hydrogens (tertiary/aromatic N) is 1. The lowest BCUT2D eigenvalue weighted by molar-refractivity contribution is 0.0588. The summed E-state index contributed by atoms with van der Waals surface area (Å²) in [6.07, 6.45) is 1.82. The van der Waals surface area contributed by atoms with E-state index in [0.29, 0.717) is 12.2 Å². The van der Waals surface area contributed by atoms with Gasteiger partial charge in [-0.15, -0.1) is 0 Å². The topological polar surface area (TPSA) is 57.2 Å². The summed E-state index contributed by atoms with van der Waals surface area (Å²) >= 11 is 0. The van der Waals surface area contributed by atoms with Crippen LogP contribution in [0, 0.1) is 0 Å². The van der Waals surface area contributed by atoms with Gasteiger partial charge in [0.1, 0.15) is 5.69 Å². The van der Waals surface area contributed by atoms with Crippen molar-refractivity contribution in [3.63, 3.8) is 0 Å². The van der Waals surface area contributed by atoms with Gasteiger partial charge in [0.15, 0.2) is 0 Å². The van der Waals surface area contributed by atoms with E-state index in [9.17, 15) is 4.79 Å². The number of hydrogen-bond donors (Lipinski definition) is 1. The molecule has 1 aromatic rings. The second kappa shape index (κ2) is 4.09. The fourth-order valence-electron chi connectivity index (χ4n) is 1.17. The third-order valence-corrected chi connectivity index (χ3v) is 1.71. The van der Waals surface area contributed by atoms with Crippen molar-refractivity contribution in [2.75, 3.05) is 7.11 Å². The summed E-state index contributed by atoms with van der Waals surface area (Å²) < 4.78 is 6.40. The van der Waals surface area contributed by atoms with Gasteiger partial charge in [0.25, 0.3) is 0 Å². The lowest BCUT2D eigenvalue weighted by Crippen LogP contribution is -2.24. The van der Waals surface area contributed by atoms with Crippen molar-refractivity contribution in [3.05, 3.63) is 24.0 Å². The highest BCUT2D eigenvalue weighted by molar-refractivity contribution is 5.87. The quantitative estimate of drug-likeness (QED) is 0.697. The summed E-state index contributed by atoms with van der Waals surface area (Å²) in [7, 11) is 1.37. The molecule has 0 radical (unpaired) electrons. The number of esters is 1. The number of hydrogen-bond acceptors (Lipinski definition) is 3. The van der Waals surface area contributed by atoms with Gasteiger partial charge in [-0.2, -0.15) is 0 Å². The van der Waals surface area contributed by atoms with Crippen molar-refractivity contribution >= 4 is 5.97 Å². The molecule has 4 nitrogen and oxygen atoms in total. The van der Waals surface area contributed by atoms with E-state index in [1.807, 2.05) is 13.1 Å². The van der Waals surface area contributed by atoms with Gasteiger partial charge in [0.05, 0.1) is 7.11 Å². The zero-order chi connectivity index (χ0) is 9.84. The lowest BCUT2D eigenvalue weighted by atomic mass is 10.3. The van der Waals surface area contributed by atoms with Gasteiger partial charge in [0.2, 0.25) is 0 Å². The summed E-state index contributed by atoms with van der Waals surface area (Å²) in [6, 6.07) is 3.54. The number of carbonyl (C=O) groups is 1. The molecular formula is C9H14N2O2. The molecule has 0 amide bonds. The molecule has 0 saturated carbocycles. The van der Waals surface area contributed by atoms with Gasteiger partial charge in [-0.3, -0.25) is 0 Å². The molecule has 0 aliphatic rings. The Kier molecular flexibility index (Phi) is 3.08. The number of aromatic nitrogens is 1. The summed E-state index contributed by atoms with van der Waals surface area (Å²) in [5.41, 5.74) is 6.16. The van der Waals surface area contributed by atoms with E-state index >= 15 is 0 Å². The molecule has 2 N–H and O–H groups in total. The van der Waals surface area contributed by atoms with Crippen molar-refractivity contribution in [2.24, 2.45) is 5.73 Å². The highest BCUT2D eigenvalue weighted by atomic mass is 16.5. The number of carbonyl (C=O) groups excluding carboxylic acids is 1. The largest absolute Gasteiger partial charge is 0.464 e. The van der Waals surface area contributed by atoms with Gasteiger partial charge >= 0.3 is 5.97 Å². The normalized spacial score (nSPS) is 12.5. The third kappa shape index (κ3) is 2.32. The van der Waals surface area contributed by atoms with Crippen LogP contribution in [0.1, 0.15) is 17.4 Å². The molecule has 72 valence electrons. The fourth-order valence-corrected chi connectivity index (χ4v) is 1.17. The Labute approximate surface area is 77.3 Å². The molecule has 0 fully saturated rings. The number of ether oxygens (including phenoxy) is 1. The first-order chi connectivity index (χ1) is 6.15. The van der Waals surface area contributed by atoms with E-state index in [1.54, 1.807) is 16.7 Å². The van der Waals surface area contributed by atoms with Crippen LogP contribution in [0.5, 0.6) is 0 Å². The van der Waals surface area contributed by atoms with Crippen LogP contribution in [0.25, 0.3) is 0 Å². The van der Waals surface area contributed by atoms with Crippen LogP contribution in [-0.4, -0.2) is 23.7 Å². The number of rotatable bonds is 3. The van der Waals surface area contributed by atoms with E-state index in [4.69, 9.17) is 5.73 Å². The van der Waals surface area contributed by atoms with Crippen molar-refractivity contribution < 1.29 is 9.53 Å². The molecule has 1 unspecified atom stereocenters. The molecule has 0 aliphatic carbocycles. The minimum absolute atomic E-state index is 0.0239. The van der Waals surface area contributed by atoms with Crippen LogP contribution in [0.3, 0.4) is 0 Å². The second-order valence-electron chi connectivity index (χ2n) is 3.01. The van der Waals surface area contributed by atoms with Gasteiger partial charge in [-0.25, -0.2) is 4.79 Å². The molecular weight excluding hydrogens is 168 g/mol. The first-order valence-electron chi connectivity index (χ1n) is 4.14. The second-order valence-corrected chi connectivity index (χ2v) is 3.01. The average Bonchev–Trinajstić information content (AvgIpc) is 2.50. The van der Waals surface area contributed by atoms with E-state index in [-0.39, 0.29) is 12.0 Å². The molecule has 0 aromatic carbocycles. The third-order valence-electron chi connectivity index (χ3n) is 1.71. The van der Waals surface area contributed by atoms with Crippen molar-refractivity contribution in [3.8, 4) is 0 Å². The molecule has 1 heterocycles. The fraction of sp³-hybridized carbons (Fsp3) is 0.444. The first kappa shape index (κ1) is 9.80. The molecule has 13 heavy (non-hydrogen) atoms. The lowest BCUT2D eigenvalue weighted by Gasteiger charge is -2.09. The predicted molar refractivity (Wildman–Crippen MR) is 49.4 cm³/mol. The Bertz CT molecular complexity index is 292. The van der Waals surface area contributed by atoms with Gasteiger partial charge in [-0.05, 0) is 19.1 Å². The van der Waals surface area contributed by atoms with Gasteiger partial charge in [-0.1, -0.05) is 0 Å². The van der Waals surface area contributed by atoms with Crippen LogP contribution < -0.4 is 5.73 Å². The maximum atomic E-state index is 11.2. The van der Waals surface area contributed by atoms with Crippen LogP contribution >= 0.6 is 0 Å². The van der Waals surface area contributed by atoms with Crippen LogP contribution in [0.2, 0.25) is 0 Å². The van der Waals surface area contributed by atoms with Gasteiger partial charge in [0, 0.05) is 18.8 Å². The molecule has 1 rings (SSSR count). The van der Waals surface area contributed by atoms with Crippen molar-refractivity contribution in [1.29, 1.82) is 0 Å². The summed E-state index contributed by atoms with van der Waals surface area (Å²) in [6.45, 7) is 2.51. The minimum Gasteiger partial charge on any atom is -0.464 e. The maximum absolute atomic E-state index is 11.2. The monoisotopic (exact) mass is 182 g/mol.